The number of amides is 5. The lowest BCUT2D eigenvalue weighted by molar-refractivity contribution is -0.155. The van der Waals surface area contributed by atoms with E-state index >= 15 is 0 Å². The Morgan fingerprint density at radius 1 is 1.24 bits per heavy atom. The number of ether oxygens (including phenoxy) is 2. The van der Waals surface area contributed by atoms with Gasteiger partial charge in [0.15, 0.2) is 12.4 Å². The number of carboxylic acids is 1. The maximum absolute atomic E-state index is 13.2. The molecule has 2 saturated heterocycles. The summed E-state index contributed by atoms with van der Waals surface area (Å²) in [6, 6.07) is -2.35. The molecular formula is C21H24ClN5O10S. The number of thiophene rings is 1. The van der Waals surface area contributed by atoms with E-state index in [1.165, 1.54) is 6.07 Å². The van der Waals surface area contributed by atoms with E-state index < -0.39 is 66.8 Å². The molecule has 0 radical (unpaired) electrons. The van der Waals surface area contributed by atoms with Crippen molar-refractivity contribution in [1.29, 1.82) is 0 Å². The first kappa shape index (κ1) is 28.6. The molecule has 0 spiro atoms. The molecule has 17 heteroatoms. The van der Waals surface area contributed by atoms with Crippen molar-refractivity contribution < 1.29 is 48.1 Å². The number of hydrogen-bond acceptors (Lipinski definition) is 10. The summed E-state index contributed by atoms with van der Waals surface area (Å²) in [6.07, 6.45) is -1.55. The molecule has 1 aromatic rings. The average molecular weight is 574 g/mol. The topological polar surface area (TPSA) is 192 Å². The summed E-state index contributed by atoms with van der Waals surface area (Å²) in [5.74, 6) is -4.63. The largest absolute Gasteiger partial charge is 0.481 e. The highest BCUT2D eigenvalue weighted by molar-refractivity contribution is 7.12. The molecule has 3 N–H and O–H groups in total. The van der Waals surface area contributed by atoms with Gasteiger partial charge in [0.2, 0.25) is 11.8 Å². The predicted molar refractivity (Wildman–Crippen MR) is 128 cm³/mol. The van der Waals surface area contributed by atoms with Crippen LogP contribution in [0.5, 0.6) is 0 Å². The first-order chi connectivity index (χ1) is 18.0. The number of halogens is 1. The number of carbonyl (C=O) groups excluding carboxylic acids is 6. The number of esters is 1. The summed E-state index contributed by atoms with van der Waals surface area (Å²) in [7, 11) is 1.08. The van der Waals surface area contributed by atoms with Gasteiger partial charge in [0, 0.05) is 13.0 Å². The first-order valence-electron chi connectivity index (χ1n) is 11.2. The van der Waals surface area contributed by atoms with E-state index in [1.54, 1.807) is 5.38 Å². The number of carboxylic acid groups (broad SMARTS) is 1. The van der Waals surface area contributed by atoms with Crippen LogP contribution in [0.2, 0.25) is 5.02 Å². The molecule has 0 saturated carbocycles. The van der Waals surface area contributed by atoms with Crippen LogP contribution in [0.15, 0.2) is 11.4 Å². The number of nitrogens with one attached hydrogen (secondary N) is 2. The minimum absolute atomic E-state index is 0.0510. The van der Waals surface area contributed by atoms with E-state index in [0.29, 0.717) is 6.42 Å². The van der Waals surface area contributed by atoms with E-state index in [-0.39, 0.29) is 35.8 Å². The molecule has 2 fully saturated rings. The van der Waals surface area contributed by atoms with Crippen LogP contribution in [0.25, 0.3) is 0 Å². The summed E-state index contributed by atoms with van der Waals surface area (Å²) in [4.78, 5) is 87.0. The van der Waals surface area contributed by atoms with Gasteiger partial charge < -0.3 is 19.9 Å². The number of hydrazine groups is 2. The Balaban J connectivity index is 1.75. The molecule has 38 heavy (non-hydrogen) atoms. The Morgan fingerprint density at radius 3 is 2.61 bits per heavy atom. The monoisotopic (exact) mass is 573 g/mol. The fourth-order valence-corrected chi connectivity index (χ4v) is 4.83. The van der Waals surface area contributed by atoms with Gasteiger partial charge in [-0.2, -0.15) is 0 Å². The van der Waals surface area contributed by atoms with Crippen LogP contribution in [0, 0.1) is 0 Å². The summed E-state index contributed by atoms with van der Waals surface area (Å²) in [5, 5.41) is 16.0. The Morgan fingerprint density at radius 2 is 1.97 bits per heavy atom. The van der Waals surface area contributed by atoms with Crippen molar-refractivity contribution in [3.8, 4) is 0 Å². The third-order valence-electron chi connectivity index (χ3n) is 5.61. The van der Waals surface area contributed by atoms with Gasteiger partial charge in [-0.05, 0) is 24.3 Å². The van der Waals surface area contributed by atoms with Crippen molar-refractivity contribution in [3.63, 3.8) is 0 Å². The molecule has 5 amide bonds. The number of hydrogen-bond donors (Lipinski definition) is 3. The summed E-state index contributed by atoms with van der Waals surface area (Å²) in [6.45, 7) is -0.910. The van der Waals surface area contributed by atoms with Crippen LogP contribution in [-0.4, -0.2) is 101 Å². The quantitative estimate of drug-likeness (QED) is 0.348. The second kappa shape index (κ2) is 12.6. The fraction of sp³-hybridized carbons (Fsp3) is 0.476. The minimum Gasteiger partial charge on any atom is -0.481 e. The van der Waals surface area contributed by atoms with E-state index in [1.807, 2.05) is 0 Å². The number of ketones is 1. The van der Waals surface area contributed by atoms with Crippen LogP contribution in [0.3, 0.4) is 0 Å². The molecule has 0 bridgehead atoms. The number of Topliss-reactive ketones (excluding diaryl/α,β-unsaturated/α-hetero) is 1. The molecule has 0 aliphatic carbocycles. The van der Waals surface area contributed by atoms with Gasteiger partial charge in [-0.25, -0.2) is 34.8 Å². The maximum atomic E-state index is 13.2. The van der Waals surface area contributed by atoms with Crippen LogP contribution in [0.1, 0.15) is 35.4 Å². The van der Waals surface area contributed by atoms with Crippen molar-refractivity contribution in [2.45, 2.75) is 37.8 Å². The van der Waals surface area contributed by atoms with Gasteiger partial charge in [0.1, 0.15) is 17.0 Å². The molecule has 0 aromatic carbocycles. The highest BCUT2D eigenvalue weighted by Crippen LogP contribution is 2.24. The SMILES string of the molecule is COC(=O)NN1CCC(=O)N2CCCC(C(=O)NC(CC(=O)O)C(=O)COC(=O)c3sccc3Cl)N2C1=O. The zero-order valence-electron chi connectivity index (χ0n) is 20.0. The van der Waals surface area contributed by atoms with Gasteiger partial charge in [0.05, 0.1) is 25.1 Å². The van der Waals surface area contributed by atoms with Gasteiger partial charge in [-0.15, -0.1) is 11.3 Å². The van der Waals surface area contributed by atoms with Crippen molar-refractivity contribution >= 4 is 64.6 Å². The van der Waals surface area contributed by atoms with Crippen LogP contribution in [-0.2, 0) is 28.7 Å². The highest BCUT2D eigenvalue weighted by atomic mass is 35.5. The van der Waals surface area contributed by atoms with Crippen LogP contribution < -0.4 is 10.7 Å². The second-order valence-corrected chi connectivity index (χ2v) is 9.43. The molecule has 3 rings (SSSR count). The van der Waals surface area contributed by atoms with Crippen molar-refractivity contribution in [2.75, 3.05) is 26.8 Å². The van der Waals surface area contributed by atoms with Crippen LogP contribution >= 0.6 is 22.9 Å². The second-order valence-electron chi connectivity index (χ2n) is 8.11. The van der Waals surface area contributed by atoms with E-state index in [4.69, 9.17) is 16.3 Å². The molecule has 15 nitrogen and oxygen atoms in total. The van der Waals surface area contributed by atoms with Crippen molar-refractivity contribution in [3.05, 3.63) is 21.3 Å². The molecule has 2 aliphatic heterocycles. The lowest BCUT2D eigenvalue weighted by atomic mass is 10.0. The number of aliphatic carboxylic acids is 1. The zero-order valence-corrected chi connectivity index (χ0v) is 21.6. The fourth-order valence-electron chi connectivity index (χ4n) is 3.80. The summed E-state index contributed by atoms with van der Waals surface area (Å²) >= 11 is 6.85. The lowest BCUT2D eigenvalue weighted by Crippen LogP contribution is -2.65. The van der Waals surface area contributed by atoms with Gasteiger partial charge in [-0.3, -0.25) is 19.2 Å². The zero-order chi connectivity index (χ0) is 28.0. The molecule has 2 unspecified atom stereocenters. The third-order valence-corrected chi connectivity index (χ3v) is 6.93. The van der Waals surface area contributed by atoms with Gasteiger partial charge in [-0.1, -0.05) is 11.6 Å². The Bertz CT molecular complexity index is 1140. The van der Waals surface area contributed by atoms with E-state index in [2.05, 4.69) is 15.5 Å². The normalized spacial score (nSPS) is 18.2. The molecule has 206 valence electrons. The van der Waals surface area contributed by atoms with Crippen molar-refractivity contribution in [1.82, 2.24) is 25.8 Å². The van der Waals surface area contributed by atoms with Crippen LogP contribution in [0.4, 0.5) is 9.59 Å². The van der Waals surface area contributed by atoms with Crippen molar-refractivity contribution in [2.24, 2.45) is 0 Å². The summed E-state index contributed by atoms with van der Waals surface area (Å²) in [5.41, 5.74) is 2.18. The molecule has 2 atom stereocenters. The lowest BCUT2D eigenvalue weighted by Gasteiger charge is -2.42. The average Bonchev–Trinajstić information content (AvgIpc) is 3.28. The number of fused-ring (bicyclic) bond motifs is 1. The maximum Gasteiger partial charge on any atom is 0.425 e. The van der Waals surface area contributed by atoms with E-state index in [0.717, 1.165) is 33.5 Å². The van der Waals surface area contributed by atoms with Gasteiger partial charge >= 0.3 is 24.1 Å². The third kappa shape index (κ3) is 6.69. The first-order valence-corrected chi connectivity index (χ1v) is 12.5. The number of urea groups is 1. The number of nitrogens with zero attached hydrogens (tertiary/aromatic N) is 3. The smallest absolute Gasteiger partial charge is 0.425 e. The highest BCUT2D eigenvalue weighted by Gasteiger charge is 2.44. The van der Waals surface area contributed by atoms with Gasteiger partial charge in [0.25, 0.3) is 0 Å². The molecule has 3 heterocycles. The standard InChI is InChI=1S/C21H24ClN5O10S/c1-36-20(34)24-25-7-4-15(29)26-6-2-3-13(27(26)21(25)35)18(32)23-12(9-16(30)31)14(28)10-37-19(33)17-11(22)5-8-38-17/h5,8,12-13H,2-4,6-7,9-10H2,1H3,(H,23,32)(H,24,34)(H,30,31). The molecule has 2 aliphatic rings. The number of methoxy groups -OCH3 is 1. The Kier molecular flexibility index (Phi) is 9.46. The van der Waals surface area contributed by atoms with E-state index in [9.17, 15) is 38.7 Å². The molecular weight excluding hydrogens is 550 g/mol. The Labute approximate surface area is 224 Å². The molecule has 1 aromatic heterocycles. The summed E-state index contributed by atoms with van der Waals surface area (Å²) < 4.78 is 9.42. The number of carbonyl (C=O) groups is 7. The minimum atomic E-state index is -1.61. The number of rotatable bonds is 9. The Hall–Kier alpha value is -3.92. The predicted octanol–water partition coefficient (Wildman–Crippen LogP) is 0.392.